The lowest BCUT2D eigenvalue weighted by atomic mass is 10.0. The van der Waals surface area contributed by atoms with Crippen LogP contribution in [0.1, 0.15) is 27.2 Å². The largest absolute Gasteiger partial charge is 0.243 e. The standard InChI is InChI=1S/C12H16BrCl2NO2S/c1-4-7(2)8(3)16-19(17,18)12-10(14)5-9(13)6-11(12)15/h5-8,16H,4H2,1-3H3. The number of hydrogen-bond acceptors (Lipinski definition) is 2. The minimum atomic E-state index is -3.73. The average molecular weight is 389 g/mol. The first-order valence-corrected chi connectivity index (χ1v) is 8.89. The van der Waals surface area contributed by atoms with Gasteiger partial charge >= 0.3 is 0 Å². The van der Waals surface area contributed by atoms with Crippen LogP contribution in [0, 0.1) is 5.92 Å². The van der Waals surface area contributed by atoms with Gasteiger partial charge in [0.2, 0.25) is 10.0 Å². The summed E-state index contributed by atoms with van der Waals surface area (Å²) < 4.78 is 27.9. The molecule has 0 bridgehead atoms. The molecule has 0 aliphatic rings. The molecule has 1 aromatic rings. The zero-order chi connectivity index (χ0) is 14.8. The van der Waals surface area contributed by atoms with E-state index in [4.69, 9.17) is 23.2 Å². The summed E-state index contributed by atoms with van der Waals surface area (Å²) in [4.78, 5) is -0.0748. The predicted molar refractivity (Wildman–Crippen MR) is 83.4 cm³/mol. The van der Waals surface area contributed by atoms with Crippen LogP contribution < -0.4 is 4.72 Å². The highest BCUT2D eigenvalue weighted by molar-refractivity contribution is 9.10. The fraction of sp³-hybridized carbons (Fsp3) is 0.500. The Morgan fingerprint density at radius 3 is 2.16 bits per heavy atom. The van der Waals surface area contributed by atoms with Crippen molar-refractivity contribution < 1.29 is 8.42 Å². The topological polar surface area (TPSA) is 46.2 Å². The van der Waals surface area contributed by atoms with Crippen LogP contribution in [0.2, 0.25) is 10.0 Å². The lowest BCUT2D eigenvalue weighted by molar-refractivity contribution is 0.434. The zero-order valence-corrected chi connectivity index (χ0v) is 14.8. The molecule has 1 aromatic carbocycles. The van der Waals surface area contributed by atoms with E-state index in [1.54, 1.807) is 0 Å². The third kappa shape index (κ3) is 4.33. The van der Waals surface area contributed by atoms with Crippen molar-refractivity contribution in [3.05, 3.63) is 26.7 Å². The van der Waals surface area contributed by atoms with E-state index in [1.807, 2.05) is 20.8 Å². The Hall–Kier alpha value is 0.190. The van der Waals surface area contributed by atoms with Crippen LogP contribution in [0.3, 0.4) is 0 Å². The second-order valence-corrected chi connectivity index (χ2v) is 7.87. The van der Waals surface area contributed by atoms with Gasteiger partial charge in [-0.2, -0.15) is 0 Å². The van der Waals surface area contributed by atoms with Gasteiger partial charge in [0, 0.05) is 10.5 Å². The fourth-order valence-corrected chi connectivity index (χ4v) is 4.85. The van der Waals surface area contributed by atoms with E-state index in [1.165, 1.54) is 12.1 Å². The molecule has 19 heavy (non-hydrogen) atoms. The summed E-state index contributed by atoms with van der Waals surface area (Å²) in [5.74, 6) is 0.225. The highest BCUT2D eigenvalue weighted by Crippen LogP contribution is 2.33. The lowest BCUT2D eigenvalue weighted by Gasteiger charge is -2.20. The number of nitrogens with one attached hydrogen (secondary N) is 1. The van der Waals surface area contributed by atoms with Crippen molar-refractivity contribution in [1.82, 2.24) is 4.72 Å². The Labute approximate surface area is 132 Å². The zero-order valence-electron chi connectivity index (χ0n) is 10.9. The maximum Gasteiger partial charge on any atom is 0.243 e. The van der Waals surface area contributed by atoms with Crippen molar-refractivity contribution in [2.45, 2.75) is 38.1 Å². The molecular formula is C12H16BrCl2NO2S. The second kappa shape index (κ2) is 6.76. The SMILES string of the molecule is CCC(C)C(C)NS(=O)(=O)c1c(Cl)cc(Br)cc1Cl. The normalized spacial score (nSPS) is 15.3. The van der Waals surface area contributed by atoms with Gasteiger partial charge in [0.05, 0.1) is 10.0 Å². The summed E-state index contributed by atoms with van der Waals surface area (Å²) in [6.45, 7) is 5.82. The molecule has 0 radical (unpaired) electrons. The van der Waals surface area contributed by atoms with E-state index < -0.39 is 10.0 Å². The van der Waals surface area contributed by atoms with Gasteiger partial charge in [0.15, 0.2) is 0 Å². The molecule has 0 spiro atoms. The van der Waals surface area contributed by atoms with E-state index in [2.05, 4.69) is 20.7 Å². The van der Waals surface area contributed by atoms with Gasteiger partial charge in [-0.05, 0) is 25.0 Å². The fourth-order valence-electron chi connectivity index (χ4n) is 1.56. The minimum Gasteiger partial charge on any atom is -0.208 e. The van der Waals surface area contributed by atoms with E-state index in [0.29, 0.717) is 4.47 Å². The summed E-state index contributed by atoms with van der Waals surface area (Å²) in [5.41, 5.74) is 0. The van der Waals surface area contributed by atoms with Crippen LogP contribution in [-0.4, -0.2) is 14.5 Å². The summed E-state index contributed by atoms with van der Waals surface area (Å²) in [6.07, 6.45) is 0.880. The molecule has 0 aliphatic carbocycles. The van der Waals surface area contributed by atoms with Crippen molar-refractivity contribution >= 4 is 49.2 Å². The maximum atomic E-state index is 12.3. The highest BCUT2D eigenvalue weighted by Gasteiger charge is 2.25. The van der Waals surface area contributed by atoms with Gasteiger partial charge in [-0.3, -0.25) is 0 Å². The molecule has 0 saturated carbocycles. The van der Waals surface area contributed by atoms with Gasteiger partial charge in [0.1, 0.15) is 4.90 Å². The van der Waals surface area contributed by atoms with Crippen LogP contribution >= 0.6 is 39.1 Å². The van der Waals surface area contributed by atoms with Crippen LogP contribution in [0.15, 0.2) is 21.5 Å². The first-order valence-electron chi connectivity index (χ1n) is 5.86. The number of halogens is 3. The lowest BCUT2D eigenvalue weighted by Crippen LogP contribution is -2.37. The Kier molecular flexibility index (Phi) is 6.14. The molecule has 1 N–H and O–H groups in total. The van der Waals surface area contributed by atoms with Gasteiger partial charge in [-0.15, -0.1) is 0 Å². The Morgan fingerprint density at radius 2 is 1.74 bits per heavy atom. The highest BCUT2D eigenvalue weighted by atomic mass is 79.9. The van der Waals surface area contributed by atoms with Crippen molar-refractivity contribution in [2.75, 3.05) is 0 Å². The third-order valence-electron chi connectivity index (χ3n) is 3.07. The molecule has 1 rings (SSSR count). The molecule has 0 heterocycles. The van der Waals surface area contributed by atoms with Gasteiger partial charge in [-0.1, -0.05) is 59.4 Å². The van der Waals surface area contributed by atoms with Crippen molar-refractivity contribution in [3.8, 4) is 0 Å². The Morgan fingerprint density at radius 1 is 1.26 bits per heavy atom. The molecule has 2 unspecified atom stereocenters. The number of sulfonamides is 1. The van der Waals surface area contributed by atoms with E-state index in [-0.39, 0.29) is 26.9 Å². The molecule has 0 saturated heterocycles. The molecule has 0 aromatic heterocycles. The molecule has 0 amide bonds. The van der Waals surface area contributed by atoms with Gasteiger partial charge in [0.25, 0.3) is 0 Å². The summed E-state index contributed by atoms with van der Waals surface area (Å²) >= 11 is 15.2. The van der Waals surface area contributed by atoms with Crippen LogP contribution in [0.5, 0.6) is 0 Å². The van der Waals surface area contributed by atoms with Gasteiger partial charge in [-0.25, -0.2) is 13.1 Å². The van der Waals surface area contributed by atoms with E-state index >= 15 is 0 Å². The quantitative estimate of drug-likeness (QED) is 0.808. The van der Waals surface area contributed by atoms with Crippen molar-refractivity contribution in [2.24, 2.45) is 5.92 Å². The molecule has 108 valence electrons. The minimum absolute atomic E-state index is 0.0748. The first kappa shape index (κ1) is 17.2. The number of benzene rings is 1. The molecule has 0 aliphatic heterocycles. The second-order valence-electron chi connectivity index (χ2n) is 4.49. The van der Waals surface area contributed by atoms with Crippen molar-refractivity contribution in [1.29, 1.82) is 0 Å². The van der Waals surface area contributed by atoms with E-state index in [0.717, 1.165) is 6.42 Å². The monoisotopic (exact) mass is 387 g/mol. The molecule has 0 fully saturated rings. The molecule has 2 atom stereocenters. The molecular weight excluding hydrogens is 373 g/mol. The molecule has 3 nitrogen and oxygen atoms in total. The van der Waals surface area contributed by atoms with Crippen LogP contribution in [0.25, 0.3) is 0 Å². The smallest absolute Gasteiger partial charge is 0.208 e. The first-order chi connectivity index (χ1) is 8.69. The molecule has 7 heteroatoms. The maximum absolute atomic E-state index is 12.3. The van der Waals surface area contributed by atoms with Gasteiger partial charge < -0.3 is 0 Å². The summed E-state index contributed by atoms with van der Waals surface area (Å²) in [7, 11) is -3.73. The van der Waals surface area contributed by atoms with Crippen LogP contribution in [0.4, 0.5) is 0 Å². The summed E-state index contributed by atoms with van der Waals surface area (Å²) in [5, 5.41) is 0.200. The number of hydrogen-bond donors (Lipinski definition) is 1. The summed E-state index contributed by atoms with van der Waals surface area (Å²) in [6, 6.07) is 2.83. The Bertz CT molecular complexity index is 540. The number of rotatable bonds is 5. The van der Waals surface area contributed by atoms with E-state index in [9.17, 15) is 8.42 Å². The third-order valence-corrected chi connectivity index (χ3v) is 6.01. The Balaban J connectivity index is 3.15. The van der Waals surface area contributed by atoms with Crippen molar-refractivity contribution in [3.63, 3.8) is 0 Å². The van der Waals surface area contributed by atoms with Crippen LogP contribution in [-0.2, 0) is 10.0 Å². The average Bonchev–Trinajstić information content (AvgIpc) is 2.24. The predicted octanol–water partition coefficient (Wildman–Crippen LogP) is 4.47.